The number of rotatable bonds is 4. The summed E-state index contributed by atoms with van der Waals surface area (Å²) in [7, 11) is 0. The molecule has 0 saturated carbocycles. The molecule has 4 nitrogen and oxygen atoms in total. The van der Waals surface area contributed by atoms with Crippen LogP contribution >= 0.6 is 0 Å². The molecule has 0 aliphatic carbocycles. The maximum atomic E-state index is 12.2. The zero-order valence-electron chi connectivity index (χ0n) is 11.3. The summed E-state index contributed by atoms with van der Waals surface area (Å²) in [5.74, 6) is -0.478. The van der Waals surface area contributed by atoms with Crippen LogP contribution in [-0.2, 0) is 0 Å². The molecule has 0 bridgehead atoms. The Morgan fingerprint density at radius 3 is 2.67 bits per heavy atom. The third-order valence-electron chi connectivity index (χ3n) is 2.82. The van der Waals surface area contributed by atoms with Crippen LogP contribution in [0, 0.1) is 6.92 Å². The van der Waals surface area contributed by atoms with Gasteiger partial charge in [-0.05, 0) is 48.9 Å². The Labute approximate surface area is 120 Å². The first-order chi connectivity index (χ1) is 9.95. The first-order valence-corrected chi connectivity index (χ1v) is 6.18. The molecular formula is C15H14F2N2O2. The number of nitrogens with one attached hydrogen (secondary N) is 1. The standard InChI is InChI=1S/C15H14F2N2O2/c1-9-7-11(18)5-6-13(9)19-14(20)10-3-2-4-12(8-10)21-15(16)17/h2-8,15H,18H2,1H3,(H,19,20). The predicted octanol–water partition coefficient (Wildman–Crippen LogP) is 3.43. The third-order valence-corrected chi connectivity index (χ3v) is 2.82. The molecule has 6 heteroatoms. The largest absolute Gasteiger partial charge is 0.435 e. The van der Waals surface area contributed by atoms with Crippen LogP contribution in [0.2, 0.25) is 0 Å². The summed E-state index contributed by atoms with van der Waals surface area (Å²) in [5.41, 5.74) is 7.87. The van der Waals surface area contributed by atoms with Gasteiger partial charge in [0.2, 0.25) is 0 Å². The molecule has 1 amide bonds. The SMILES string of the molecule is Cc1cc(N)ccc1NC(=O)c1cccc(OC(F)F)c1. The van der Waals surface area contributed by atoms with Crippen molar-refractivity contribution in [1.82, 2.24) is 0 Å². The van der Waals surface area contributed by atoms with Crippen molar-refractivity contribution >= 4 is 17.3 Å². The van der Waals surface area contributed by atoms with E-state index in [-0.39, 0.29) is 11.3 Å². The average Bonchev–Trinajstić information content (AvgIpc) is 2.41. The van der Waals surface area contributed by atoms with E-state index in [9.17, 15) is 13.6 Å². The first kappa shape index (κ1) is 14.8. The number of ether oxygens (including phenoxy) is 1. The lowest BCUT2D eigenvalue weighted by molar-refractivity contribution is -0.0498. The van der Waals surface area contributed by atoms with Crippen molar-refractivity contribution in [1.29, 1.82) is 0 Å². The van der Waals surface area contributed by atoms with Gasteiger partial charge in [0.1, 0.15) is 5.75 Å². The Hall–Kier alpha value is -2.63. The van der Waals surface area contributed by atoms with Crippen LogP contribution < -0.4 is 15.8 Å². The molecule has 0 fully saturated rings. The molecule has 0 aliphatic rings. The molecule has 3 N–H and O–H groups in total. The number of hydrogen-bond donors (Lipinski definition) is 2. The maximum Gasteiger partial charge on any atom is 0.387 e. The second kappa shape index (κ2) is 6.21. The second-order valence-corrected chi connectivity index (χ2v) is 4.43. The molecule has 0 saturated heterocycles. The fourth-order valence-corrected chi connectivity index (χ4v) is 1.84. The molecule has 0 atom stereocenters. The van der Waals surface area contributed by atoms with E-state index < -0.39 is 12.5 Å². The minimum absolute atomic E-state index is 0.0633. The van der Waals surface area contributed by atoms with Crippen molar-refractivity contribution in [3.63, 3.8) is 0 Å². The number of amides is 1. The number of carbonyl (C=O) groups excluding carboxylic acids is 1. The van der Waals surface area contributed by atoms with Crippen molar-refractivity contribution in [2.45, 2.75) is 13.5 Å². The smallest absolute Gasteiger partial charge is 0.387 e. The number of nitrogen functional groups attached to an aromatic ring is 1. The monoisotopic (exact) mass is 292 g/mol. The number of nitrogens with two attached hydrogens (primary N) is 1. The Morgan fingerprint density at radius 1 is 1.24 bits per heavy atom. The number of halogens is 2. The number of anilines is 2. The number of hydrogen-bond acceptors (Lipinski definition) is 3. The van der Waals surface area contributed by atoms with E-state index in [1.54, 1.807) is 18.2 Å². The zero-order chi connectivity index (χ0) is 15.4. The molecule has 2 aromatic rings. The van der Waals surface area contributed by atoms with Crippen molar-refractivity contribution in [2.75, 3.05) is 11.1 Å². The first-order valence-electron chi connectivity index (χ1n) is 6.18. The molecule has 0 spiro atoms. The Bertz CT molecular complexity index is 660. The fourth-order valence-electron chi connectivity index (χ4n) is 1.84. The van der Waals surface area contributed by atoms with Crippen molar-refractivity contribution in [3.05, 3.63) is 53.6 Å². The van der Waals surface area contributed by atoms with E-state index in [0.29, 0.717) is 11.4 Å². The molecular weight excluding hydrogens is 278 g/mol. The van der Waals surface area contributed by atoms with Crippen LogP contribution in [0.4, 0.5) is 20.2 Å². The number of carbonyl (C=O) groups is 1. The lowest BCUT2D eigenvalue weighted by Gasteiger charge is -2.10. The molecule has 0 aromatic heterocycles. The number of benzene rings is 2. The predicted molar refractivity (Wildman–Crippen MR) is 76.6 cm³/mol. The van der Waals surface area contributed by atoms with Gasteiger partial charge in [0, 0.05) is 16.9 Å². The van der Waals surface area contributed by atoms with E-state index in [0.717, 1.165) is 5.56 Å². The quantitative estimate of drug-likeness (QED) is 0.848. The van der Waals surface area contributed by atoms with Crippen LogP contribution in [0.3, 0.4) is 0 Å². The Morgan fingerprint density at radius 2 is 2.00 bits per heavy atom. The molecule has 2 rings (SSSR count). The molecule has 0 aliphatic heterocycles. The molecule has 21 heavy (non-hydrogen) atoms. The molecule has 0 heterocycles. The van der Waals surface area contributed by atoms with E-state index in [4.69, 9.17) is 5.73 Å². The van der Waals surface area contributed by atoms with E-state index in [1.165, 1.54) is 24.3 Å². The second-order valence-electron chi connectivity index (χ2n) is 4.43. The van der Waals surface area contributed by atoms with Gasteiger partial charge in [-0.15, -0.1) is 0 Å². The van der Waals surface area contributed by atoms with E-state index in [2.05, 4.69) is 10.1 Å². The van der Waals surface area contributed by atoms with Crippen molar-refractivity contribution in [3.8, 4) is 5.75 Å². The van der Waals surface area contributed by atoms with Gasteiger partial charge >= 0.3 is 6.61 Å². The summed E-state index contributed by atoms with van der Waals surface area (Å²) in [6.07, 6.45) is 0. The molecule has 0 radical (unpaired) electrons. The highest BCUT2D eigenvalue weighted by atomic mass is 19.3. The van der Waals surface area contributed by atoms with Crippen LogP contribution in [0.25, 0.3) is 0 Å². The van der Waals surface area contributed by atoms with Gasteiger partial charge < -0.3 is 15.8 Å². The van der Waals surface area contributed by atoms with Gasteiger partial charge in [-0.2, -0.15) is 8.78 Å². The normalized spacial score (nSPS) is 10.5. The maximum absolute atomic E-state index is 12.2. The average molecular weight is 292 g/mol. The molecule has 0 unspecified atom stereocenters. The van der Waals surface area contributed by atoms with Crippen LogP contribution in [0.15, 0.2) is 42.5 Å². The molecule has 110 valence electrons. The minimum atomic E-state index is -2.93. The van der Waals surface area contributed by atoms with Gasteiger partial charge in [0.05, 0.1) is 0 Å². The highest BCUT2D eigenvalue weighted by Crippen LogP contribution is 2.20. The highest BCUT2D eigenvalue weighted by Gasteiger charge is 2.10. The summed E-state index contributed by atoms with van der Waals surface area (Å²) in [5, 5.41) is 2.70. The van der Waals surface area contributed by atoms with E-state index >= 15 is 0 Å². The number of aryl methyl sites for hydroxylation is 1. The summed E-state index contributed by atoms with van der Waals surface area (Å²) < 4.78 is 28.6. The topological polar surface area (TPSA) is 64.3 Å². The lowest BCUT2D eigenvalue weighted by Crippen LogP contribution is -2.13. The fraction of sp³-hybridized carbons (Fsp3) is 0.133. The van der Waals surface area contributed by atoms with Crippen LogP contribution in [-0.4, -0.2) is 12.5 Å². The summed E-state index contributed by atoms with van der Waals surface area (Å²) in [4.78, 5) is 12.1. The summed E-state index contributed by atoms with van der Waals surface area (Å²) >= 11 is 0. The van der Waals surface area contributed by atoms with Crippen LogP contribution in [0.5, 0.6) is 5.75 Å². The number of alkyl halides is 2. The summed E-state index contributed by atoms with van der Waals surface area (Å²) in [6, 6.07) is 10.7. The van der Waals surface area contributed by atoms with Crippen LogP contribution in [0.1, 0.15) is 15.9 Å². The Balaban J connectivity index is 2.16. The van der Waals surface area contributed by atoms with Crippen molar-refractivity contribution in [2.24, 2.45) is 0 Å². The van der Waals surface area contributed by atoms with Gasteiger partial charge in [-0.25, -0.2) is 0 Å². The third kappa shape index (κ3) is 3.92. The van der Waals surface area contributed by atoms with E-state index in [1.807, 2.05) is 6.92 Å². The van der Waals surface area contributed by atoms with Crippen molar-refractivity contribution < 1.29 is 18.3 Å². The summed E-state index contributed by atoms with van der Waals surface area (Å²) in [6.45, 7) is -1.12. The highest BCUT2D eigenvalue weighted by molar-refractivity contribution is 6.04. The Kier molecular flexibility index (Phi) is 4.37. The van der Waals surface area contributed by atoms with Gasteiger partial charge in [0.15, 0.2) is 0 Å². The zero-order valence-corrected chi connectivity index (χ0v) is 11.3. The lowest BCUT2D eigenvalue weighted by atomic mass is 10.1. The van der Waals surface area contributed by atoms with Gasteiger partial charge in [-0.3, -0.25) is 4.79 Å². The minimum Gasteiger partial charge on any atom is -0.435 e. The van der Waals surface area contributed by atoms with Gasteiger partial charge in [0.25, 0.3) is 5.91 Å². The van der Waals surface area contributed by atoms with Gasteiger partial charge in [-0.1, -0.05) is 6.07 Å². The molecule has 2 aromatic carbocycles.